The lowest BCUT2D eigenvalue weighted by Crippen LogP contribution is -2.37. The first-order chi connectivity index (χ1) is 9.72. The molecule has 3 unspecified atom stereocenters. The summed E-state index contributed by atoms with van der Waals surface area (Å²) in [6.07, 6.45) is 1.71. The van der Waals surface area contributed by atoms with E-state index in [-0.39, 0.29) is 16.9 Å². The lowest BCUT2D eigenvalue weighted by Gasteiger charge is -2.19. The van der Waals surface area contributed by atoms with Gasteiger partial charge in [0, 0.05) is 16.6 Å². The third-order valence-electron chi connectivity index (χ3n) is 4.18. The van der Waals surface area contributed by atoms with Gasteiger partial charge in [0.05, 0.1) is 4.92 Å². The van der Waals surface area contributed by atoms with Crippen molar-refractivity contribution in [3.05, 3.63) is 32.8 Å². The summed E-state index contributed by atoms with van der Waals surface area (Å²) in [5.41, 5.74) is -0.413. The van der Waals surface area contributed by atoms with Gasteiger partial charge in [0.2, 0.25) is 10.0 Å². The van der Waals surface area contributed by atoms with Crippen molar-refractivity contribution in [1.82, 2.24) is 4.72 Å². The third-order valence-corrected chi connectivity index (χ3v) is 6.19. The first kappa shape index (κ1) is 16.4. The Kier molecular flexibility index (Phi) is 4.69. The molecule has 8 heteroatoms. The van der Waals surface area contributed by atoms with E-state index in [0.29, 0.717) is 10.4 Å². The Hall–Kier alpha value is -0.990. The molecule has 2 rings (SSSR count). The third kappa shape index (κ3) is 3.44. The molecule has 0 heterocycles. The van der Waals surface area contributed by atoms with Gasteiger partial charge >= 0.3 is 0 Å². The van der Waals surface area contributed by atoms with Gasteiger partial charge in [-0.1, -0.05) is 29.8 Å². The van der Waals surface area contributed by atoms with Gasteiger partial charge in [-0.2, -0.15) is 0 Å². The first-order valence-corrected chi connectivity index (χ1v) is 8.96. The van der Waals surface area contributed by atoms with Crippen molar-refractivity contribution in [2.45, 2.75) is 37.6 Å². The van der Waals surface area contributed by atoms with Crippen LogP contribution in [0, 0.1) is 22.0 Å². The highest BCUT2D eigenvalue weighted by atomic mass is 79.9. The van der Waals surface area contributed by atoms with E-state index >= 15 is 0 Å². The first-order valence-electron chi connectivity index (χ1n) is 6.68. The zero-order chi connectivity index (χ0) is 15.8. The van der Waals surface area contributed by atoms with Gasteiger partial charge in [-0.3, -0.25) is 10.1 Å². The predicted octanol–water partition coefficient (Wildman–Crippen LogP) is 3.07. The maximum Gasteiger partial charge on any atom is 0.289 e. The van der Waals surface area contributed by atoms with E-state index in [9.17, 15) is 18.5 Å². The molecule has 1 aromatic rings. The van der Waals surface area contributed by atoms with E-state index in [4.69, 9.17) is 0 Å². The Morgan fingerprint density at radius 3 is 2.52 bits per heavy atom. The molecule has 0 bridgehead atoms. The van der Waals surface area contributed by atoms with Gasteiger partial charge in [-0.15, -0.1) is 0 Å². The summed E-state index contributed by atoms with van der Waals surface area (Å²) in [6, 6.07) is 3.74. The van der Waals surface area contributed by atoms with E-state index in [1.165, 1.54) is 18.2 Å². The molecule has 1 aromatic carbocycles. The molecule has 0 aromatic heterocycles. The van der Waals surface area contributed by atoms with Crippen LogP contribution < -0.4 is 4.72 Å². The average Bonchev–Trinajstić information content (AvgIpc) is 2.70. The highest BCUT2D eigenvalue weighted by Gasteiger charge is 2.35. The van der Waals surface area contributed by atoms with Crippen LogP contribution in [-0.2, 0) is 10.0 Å². The van der Waals surface area contributed by atoms with Crippen LogP contribution in [-0.4, -0.2) is 19.4 Å². The summed E-state index contributed by atoms with van der Waals surface area (Å²) >= 11 is 3.16. The molecule has 0 spiro atoms. The standard InChI is InChI=1S/C13H17BrN2O4S/c1-8-3-5-11(9(8)2)15-21(19,20)13-7-10(14)4-6-12(13)16(17)18/h4,6-9,11,15H,3,5H2,1-2H3. The van der Waals surface area contributed by atoms with E-state index < -0.39 is 20.6 Å². The molecule has 0 aliphatic heterocycles. The van der Waals surface area contributed by atoms with Gasteiger partial charge in [0.25, 0.3) is 5.69 Å². The number of hydrogen-bond donors (Lipinski definition) is 1. The number of hydrogen-bond acceptors (Lipinski definition) is 4. The summed E-state index contributed by atoms with van der Waals surface area (Å²) in [5, 5.41) is 11.0. The lowest BCUT2D eigenvalue weighted by molar-refractivity contribution is -0.387. The van der Waals surface area contributed by atoms with Crippen molar-refractivity contribution in [2.24, 2.45) is 11.8 Å². The van der Waals surface area contributed by atoms with Crippen LogP contribution in [0.5, 0.6) is 0 Å². The number of nitro benzene ring substituents is 1. The fraction of sp³-hybridized carbons (Fsp3) is 0.538. The van der Waals surface area contributed by atoms with Crippen LogP contribution in [0.1, 0.15) is 26.7 Å². The molecule has 1 aliphatic carbocycles. The van der Waals surface area contributed by atoms with Crippen LogP contribution in [0.4, 0.5) is 5.69 Å². The predicted molar refractivity (Wildman–Crippen MR) is 82.5 cm³/mol. The largest absolute Gasteiger partial charge is 0.289 e. The minimum atomic E-state index is -3.92. The van der Waals surface area contributed by atoms with E-state index in [0.717, 1.165) is 12.8 Å². The normalized spacial score (nSPS) is 26.0. The average molecular weight is 377 g/mol. The van der Waals surface area contributed by atoms with Crippen LogP contribution in [0.15, 0.2) is 27.6 Å². The fourth-order valence-electron chi connectivity index (χ4n) is 2.65. The Morgan fingerprint density at radius 1 is 1.33 bits per heavy atom. The van der Waals surface area contributed by atoms with Gasteiger partial charge in [0.15, 0.2) is 4.90 Å². The van der Waals surface area contributed by atoms with Crippen molar-refractivity contribution >= 4 is 31.6 Å². The van der Waals surface area contributed by atoms with Crippen molar-refractivity contribution in [3.8, 4) is 0 Å². The number of rotatable bonds is 4. The number of benzene rings is 1. The van der Waals surface area contributed by atoms with Gasteiger partial charge < -0.3 is 0 Å². The van der Waals surface area contributed by atoms with Crippen molar-refractivity contribution in [2.75, 3.05) is 0 Å². The van der Waals surface area contributed by atoms with Crippen molar-refractivity contribution in [3.63, 3.8) is 0 Å². The number of halogens is 1. The molecule has 116 valence electrons. The second-order valence-corrected chi connectivity index (χ2v) is 8.11. The van der Waals surface area contributed by atoms with Gasteiger partial charge in [-0.25, -0.2) is 13.1 Å². The molecular weight excluding hydrogens is 360 g/mol. The van der Waals surface area contributed by atoms with Gasteiger partial charge in [-0.05, 0) is 36.8 Å². The minimum Gasteiger partial charge on any atom is -0.258 e. The van der Waals surface area contributed by atoms with E-state index in [1.54, 1.807) is 0 Å². The second-order valence-electron chi connectivity index (χ2n) is 5.51. The highest BCUT2D eigenvalue weighted by molar-refractivity contribution is 9.10. The number of sulfonamides is 1. The number of nitrogens with zero attached hydrogens (tertiary/aromatic N) is 1. The maximum atomic E-state index is 12.5. The quantitative estimate of drug-likeness (QED) is 0.645. The van der Waals surface area contributed by atoms with E-state index in [2.05, 4.69) is 27.6 Å². The fourth-order valence-corrected chi connectivity index (χ4v) is 4.72. The molecule has 1 saturated carbocycles. The second kappa shape index (κ2) is 6.02. The molecule has 1 N–H and O–H groups in total. The summed E-state index contributed by atoms with van der Waals surface area (Å²) in [7, 11) is -3.92. The summed E-state index contributed by atoms with van der Waals surface area (Å²) in [4.78, 5) is 10.1. The zero-order valence-electron chi connectivity index (χ0n) is 11.7. The SMILES string of the molecule is CC1CCC(NS(=O)(=O)c2cc(Br)ccc2[N+](=O)[O-])C1C. The van der Waals surface area contributed by atoms with Crippen molar-refractivity contribution < 1.29 is 13.3 Å². The Balaban J connectivity index is 2.36. The Labute approximate surface area is 132 Å². The molecule has 3 atom stereocenters. The minimum absolute atomic E-state index is 0.177. The zero-order valence-corrected chi connectivity index (χ0v) is 14.1. The van der Waals surface area contributed by atoms with Crippen molar-refractivity contribution in [1.29, 1.82) is 0 Å². The molecule has 1 aliphatic rings. The molecule has 6 nitrogen and oxygen atoms in total. The number of nitro groups is 1. The molecule has 1 fully saturated rings. The Bertz CT molecular complexity index is 662. The monoisotopic (exact) mass is 376 g/mol. The molecular formula is C13H17BrN2O4S. The molecule has 21 heavy (non-hydrogen) atoms. The lowest BCUT2D eigenvalue weighted by atomic mass is 9.98. The van der Waals surface area contributed by atoms with Gasteiger partial charge in [0.1, 0.15) is 0 Å². The van der Waals surface area contributed by atoms with Crippen LogP contribution in [0.2, 0.25) is 0 Å². The molecule has 0 saturated heterocycles. The Morgan fingerprint density at radius 2 is 2.00 bits per heavy atom. The van der Waals surface area contributed by atoms with E-state index in [1.807, 2.05) is 6.92 Å². The maximum absolute atomic E-state index is 12.5. The summed E-state index contributed by atoms with van der Waals surface area (Å²) in [5.74, 6) is 0.654. The van der Waals surface area contributed by atoms with Crippen LogP contribution >= 0.6 is 15.9 Å². The van der Waals surface area contributed by atoms with Crippen LogP contribution in [0.3, 0.4) is 0 Å². The summed E-state index contributed by atoms with van der Waals surface area (Å²) < 4.78 is 28.1. The topological polar surface area (TPSA) is 89.3 Å². The number of nitrogens with one attached hydrogen (secondary N) is 1. The molecule has 0 amide bonds. The smallest absolute Gasteiger partial charge is 0.258 e. The van der Waals surface area contributed by atoms with Crippen LogP contribution in [0.25, 0.3) is 0 Å². The molecule has 0 radical (unpaired) electrons. The summed E-state index contributed by atoms with van der Waals surface area (Å²) in [6.45, 7) is 4.08. The highest BCUT2D eigenvalue weighted by Crippen LogP contribution is 2.33.